The molecule has 2 atom stereocenters. The summed E-state index contributed by atoms with van der Waals surface area (Å²) >= 11 is 0. The van der Waals surface area contributed by atoms with E-state index in [4.69, 9.17) is 0 Å². The van der Waals surface area contributed by atoms with Crippen molar-refractivity contribution in [3.05, 3.63) is 35.6 Å². The predicted octanol–water partition coefficient (Wildman–Crippen LogP) is 0.780. The summed E-state index contributed by atoms with van der Waals surface area (Å²) in [5.74, 6) is -0.505. The van der Waals surface area contributed by atoms with Crippen LogP contribution in [0.25, 0.3) is 0 Å². The van der Waals surface area contributed by atoms with Crippen LogP contribution in [0.3, 0.4) is 0 Å². The van der Waals surface area contributed by atoms with Crippen LogP contribution in [0.2, 0.25) is 0 Å². The summed E-state index contributed by atoms with van der Waals surface area (Å²) in [7, 11) is -3.06. The molecule has 2 N–H and O–H groups in total. The average molecular weight is 314 g/mol. The van der Waals surface area contributed by atoms with Gasteiger partial charge in [-0.25, -0.2) is 12.8 Å². The zero-order chi connectivity index (χ0) is 15.5. The van der Waals surface area contributed by atoms with Crippen LogP contribution in [-0.2, 0) is 14.6 Å². The van der Waals surface area contributed by atoms with Crippen LogP contribution >= 0.6 is 0 Å². The molecule has 2 rings (SSSR count). The summed E-state index contributed by atoms with van der Waals surface area (Å²) < 4.78 is 36.2. The summed E-state index contributed by atoms with van der Waals surface area (Å²) in [5, 5.41) is 5.79. The molecule has 0 bridgehead atoms. The van der Waals surface area contributed by atoms with Gasteiger partial charge in [0.25, 0.3) is 0 Å². The molecule has 0 radical (unpaired) electrons. The van der Waals surface area contributed by atoms with Gasteiger partial charge >= 0.3 is 0 Å². The minimum atomic E-state index is -3.06. The SMILES string of the molecule is C[C@@H](NC(=O)CC1CS(=O)(=O)CCN1)c1cccc(F)c1. The van der Waals surface area contributed by atoms with Crippen molar-refractivity contribution in [2.45, 2.75) is 25.4 Å². The van der Waals surface area contributed by atoms with Gasteiger partial charge in [0, 0.05) is 19.0 Å². The summed E-state index contributed by atoms with van der Waals surface area (Å²) in [6, 6.07) is 5.35. The Labute approximate surface area is 123 Å². The molecule has 21 heavy (non-hydrogen) atoms. The van der Waals surface area contributed by atoms with E-state index in [-0.39, 0.29) is 41.7 Å². The molecule has 1 heterocycles. The molecular formula is C14H19FN2O3S. The van der Waals surface area contributed by atoms with Gasteiger partial charge in [-0.05, 0) is 24.6 Å². The maximum atomic E-state index is 13.1. The van der Waals surface area contributed by atoms with E-state index in [0.29, 0.717) is 12.1 Å². The van der Waals surface area contributed by atoms with Crippen LogP contribution in [0.15, 0.2) is 24.3 Å². The minimum Gasteiger partial charge on any atom is -0.350 e. The largest absolute Gasteiger partial charge is 0.350 e. The number of rotatable bonds is 4. The fourth-order valence-corrected chi connectivity index (χ4v) is 3.83. The molecule has 1 amide bonds. The number of benzene rings is 1. The van der Waals surface area contributed by atoms with Crippen molar-refractivity contribution >= 4 is 15.7 Å². The lowest BCUT2D eigenvalue weighted by Crippen LogP contribution is -2.47. The molecule has 7 heteroatoms. The van der Waals surface area contributed by atoms with Crippen molar-refractivity contribution in [2.75, 3.05) is 18.1 Å². The molecule has 1 aliphatic rings. The summed E-state index contributed by atoms with van der Waals surface area (Å²) in [5.41, 5.74) is 0.674. The maximum Gasteiger partial charge on any atom is 0.222 e. The minimum absolute atomic E-state index is 0.0191. The van der Waals surface area contributed by atoms with Crippen molar-refractivity contribution < 1.29 is 17.6 Å². The van der Waals surface area contributed by atoms with Crippen LogP contribution in [-0.4, -0.2) is 38.4 Å². The second-order valence-electron chi connectivity index (χ2n) is 5.31. The number of hydrogen-bond acceptors (Lipinski definition) is 4. The molecule has 1 aliphatic heterocycles. The Morgan fingerprint density at radius 1 is 1.52 bits per heavy atom. The molecule has 1 saturated heterocycles. The van der Waals surface area contributed by atoms with Crippen LogP contribution in [0.5, 0.6) is 0 Å². The van der Waals surface area contributed by atoms with Crippen LogP contribution in [0.1, 0.15) is 24.9 Å². The molecule has 0 aromatic heterocycles. The Bertz CT molecular complexity index is 618. The Morgan fingerprint density at radius 3 is 2.95 bits per heavy atom. The number of sulfone groups is 1. The zero-order valence-electron chi connectivity index (χ0n) is 11.8. The third-order valence-electron chi connectivity index (χ3n) is 3.46. The van der Waals surface area contributed by atoms with Crippen LogP contribution < -0.4 is 10.6 Å². The standard InChI is InChI=1S/C14H19FN2O3S/c1-10(11-3-2-4-12(15)7-11)17-14(18)8-13-9-21(19,20)6-5-16-13/h2-4,7,10,13,16H,5-6,8-9H2,1H3,(H,17,18)/t10-,13?/m1/s1. The maximum absolute atomic E-state index is 13.1. The lowest BCUT2D eigenvalue weighted by Gasteiger charge is -2.24. The monoisotopic (exact) mass is 314 g/mol. The Balaban J connectivity index is 1.89. The number of halogens is 1. The van der Waals surface area contributed by atoms with Crippen molar-refractivity contribution in [1.82, 2.24) is 10.6 Å². The van der Waals surface area contributed by atoms with Gasteiger partial charge in [0.2, 0.25) is 5.91 Å². The first-order valence-electron chi connectivity index (χ1n) is 6.84. The quantitative estimate of drug-likeness (QED) is 0.861. The molecular weight excluding hydrogens is 295 g/mol. The van der Waals surface area contributed by atoms with E-state index < -0.39 is 9.84 Å². The van der Waals surface area contributed by atoms with E-state index in [1.807, 2.05) is 0 Å². The Kier molecular flexibility index (Phi) is 4.95. The number of carbonyl (C=O) groups excluding carboxylic acids is 1. The van der Waals surface area contributed by atoms with Crippen molar-refractivity contribution in [3.63, 3.8) is 0 Å². The first-order chi connectivity index (χ1) is 9.85. The molecule has 5 nitrogen and oxygen atoms in total. The fourth-order valence-electron chi connectivity index (χ4n) is 2.38. The third-order valence-corrected chi connectivity index (χ3v) is 5.20. The highest BCUT2D eigenvalue weighted by molar-refractivity contribution is 7.91. The lowest BCUT2D eigenvalue weighted by molar-refractivity contribution is -0.122. The van der Waals surface area contributed by atoms with E-state index in [0.717, 1.165) is 0 Å². The molecule has 1 aromatic carbocycles. The second kappa shape index (κ2) is 6.53. The zero-order valence-corrected chi connectivity index (χ0v) is 12.6. The Hall–Kier alpha value is -1.47. The van der Waals surface area contributed by atoms with Crippen molar-refractivity contribution in [3.8, 4) is 0 Å². The van der Waals surface area contributed by atoms with Gasteiger partial charge in [0.15, 0.2) is 9.84 Å². The topological polar surface area (TPSA) is 75.3 Å². The van der Waals surface area contributed by atoms with E-state index in [2.05, 4.69) is 10.6 Å². The Morgan fingerprint density at radius 2 is 2.29 bits per heavy atom. The van der Waals surface area contributed by atoms with Crippen LogP contribution in [0.4, 0.5) is 4.39 Å². The van der Waals surface area contributed by atoms with E-state index >= 15 is 0 Å². The number of amides is 1. The second-order valence-corrected chi connectivity index (χ2v) is 7.54. The van der Waals surface area contributed by atoms with Gasteiger partial charge in [-0.3, -0.25) is 4.79 Å². The van der Waals surface area contributed by atoms with E-state index in [1.165, 1.54) is 12.1 Å². The number of carbonyl (C=O) groups is 1. The molecule has 1 aromatic rings. The van der Waals surface area contributed by atoms with Gasteiger partial charge in [-0.1, -0.05) is 12.1 Å². The van der Waals surface area contributed by atoms with Crippen molar-refractivity contribution in [1.29, 1.82) is 0 Å². The van der Waals surface area contributed by atoms with E-state index in [1.54, 1.807) is 19.1 Å². The summed E-state index contributed by atoms with van der Waals surface area (Å²) in [6.45, 7) is 2.14. The normalized spacial score (nSPS) is 22.5. The van der Waals surface area contributed by atoms with Gasteiger partial charge in [0.1, 0.15) is 5.82 Å². The molecule has 116 valence electrons. The predicted molar refractivity (Wildman–Crippen MR) is 78.0 cm³/mol. The highest BCUT2D eigenvalue weighted by Gasteiger charge is 2.26. The smallest absolute Gasteiger partial charge is 0.222 e. The molecule has 0 saturated carbocycles. The summed E-state index contributed by atoms with van der Waals surface area (Å²) in [4.78, 5) is 12.0. The highest BCUT2D eigenvalue weighted by atomic mass is 32.2. The van der Waals surface area contributed by atoms with E-state index in [9.17, 15) is 17.6 Å². The van der Waals surface area contributed by atoms with Crippen molar-refractivity contribution in [2.24, 2.45) is 0 Å². The highest BCUT2D eigenvalue weighted by Crippen LogP contribution is 2.14. The summed E-state index contributed by atoms with van der Waals surface area (Å²) in [6.07, 6.45) is 0.0961. The van der Waals surface area contributed by atoms with Gasteiger partial charge < -0.3 is 10.6 Å². The van der Waals surface area contributed by atoms with Gasteiger partial charge in [-0.2, -0.15) is 0 Å². The lowest BCUT2D eigenvalue weighted by atomic mass is 10.1. The number of nitrogens with one attached hydrogen (secondary N) is 2. The molecule has 0 aliphatic carbocycles. The molecule has 1 unspecified atom stereocenters. The average Bonchev–Trinajstić information content (AvgIpc) is 2.37. The third kappa shape index (κ3) is 4.78. The van der Waals surface area contributed by atoms with Gasteiger partial charge in [0.05, 0.1) is 17.5 Å². The van der Waals surface area contributed by atoms with Gasteiger partial charge in [-0.15, -0.1) is 0 Å². The molecule has 1 fully saturated rings. The first-order valence-corrected chi connectivity index (χ1v) is 8.66. The molecule has 0 spiro atoms. The first kappa shape index (κ1) is 15.9. The fraction of sp³-hybridized carbons (Fsp3) is 0.500. The van der Waals surface area contributed by atoms with Crippen LogP contribution in [0, 0.1) is 5.82 Å². The number of hydrogen-bond donors (Lipinski definition) is 2.